The standard InChI is InChI=1S/C9H7F2NO4/c10-6-2-9(16-4-5-3-15-5)7(11)1-8(6)12(13)14/h1-2,5H,3-4H2. The van der Waals surface area contributed by atoms with Crippen LogP contribution in [0.1, 0.15) is 0 Å². The van der Waals surface area contributed by atoms with Gasteiger partial charge in [-0.2, -0.15) is 4.39 Å². The Morgan fingerprint density at radius 2 is 2.19 bits per heavy atom. The number of epoxide rings is 1. The van der Waals surface area contributed by atoms with Crippen LogP contribution >= 0.6 is 0 Å². The van der Waals surface area contributed by atoms with Gasteiger partial charge in [-0.1, -0.05) is 0 Å². The third kappa shape index (κ3) is 2.25. The quantitative estimate of drug-likeness (QED) is 0.449. The second-order valence-electron chi connectivity index (χ2n) is 3.26. The van der Waals surface area contributed by atoms with Crippen molar-refractivity contribution in [1.82, 2.24) is 0 Å². The highest BCUT2D eigenvalue weighted by Crippen LogP contribution is 2.27. The first-order valence-corrected chi connectivity index (χ1v) is 4.46. The fourth-order valence-electron chi connectivity index (χ4n) is 1.12. The van der Waals surface area contributed by atoms with E-state index in [9.17, 15) is 18.9 Å². The van der Waals surface area contributed by atoms with E-state index in [1.165, 1.54) is 0 Å². The number of hydrogen-bond donors (Lipinski definition) is 0. The zero-order valence-corrected chi connectivity index (χ0v) is 7.98. The van der Waals surface area contributed by atoms with Crippen LogP contribution in [-0.2, 0) is 4.74 Å². The van der Waals surface area contributed by atoms with Gasteiger partial charge in [0.05, 0.1) is 17.6 Å². The Hall–Kier alpha value is -1.76. The van der Waals surface area contributed by atoms with Crippen LogP contribution < -0.4 is 4.74 Å². The normalized spacial score (nSPS) is 18.2. The Bertz CT molecular complexity index is 434. The van der Waals surface area contributed by atoms with Crippen LogP contribution in [0.2, 0.25) is 0 Å². The van der Waals surface area contributed by atoms with Crippen molar-refractivity contribution >= 4 is 5.69 Å². The molecule has 86 valence electrons. The van der Waals surface area contributed by atoms with Crippen molar-refractivity contribution in [3.8, 4) is 5.75 Å². The molecule has 5 nitrogen and oxygen atoms in total. The Balaban J connectivity index is 2.18. The molecule has 1 saturated heterocycles. The van der Waals surface area contributed by atoms with Crippen molar-refractivity contribution in [1.29, 1.82) is 0 Å². The molecule has 0 bridgehead atoms. The summed E-state index contributed by atoms with van der Waals surface area (Å²) >= 11 is 0. The maximum absolute atomic E-state index is 13.2. The van der Waals surface area contributed by atoms with Gasteiger partial charge in [0.1, 0.15) is 12.7 Å². The van der Waals surface area contributed by atoms with Gasteiger partial charge in [0.15, 0.2) is 11.6 Å². The van der Waals surface area contributed by atoms with E-state index in [1.807, 2.05) is 0 Å². The molecule has 1 atom stereocenters. The highest BCUT2D eigenvalue weighted by molar-refractivity contribution is 5.39. The van der Waals surface area contributed by atoms with E-state index in [2.05, 4.69) is 0 Å². The van der Waals surface area contributed by atoms with Crippen molar-refractivity contribution in [3.63, 3.8) is 0 Å². The van der Waals surface area contributed by atoms with Crippen molar-refractivity contribution in [2.24, 2.45) is 0 Å². The molecule has 1 heterocycles. The third-order valence-corrected chi connectivity index (χ3v) is 2.03. The second-order valence-corrected chi connectivity index (χ2v) is 3.26. The number of nitro benzene ring substituents is 1. The van der Waals surface area contributed by atoms with Crippen LogP contribution in [0.15, 0.2) is 12.1 Å². The first-order valence-electron chi connectivity index (χ1n) is 4.46. The van der Waals surface area contributed by atoms with Gasteiger partial charge >= 0.3 is 5.69 Å². The second kappa shape index (κ2) is 4.01. The summed E-state index contributed by atoms with van der Waals surface area (Å²) in [6.45, 7) is 0.630. The summed E-state index contributed by atoms with van der Waals surface area (Å²) in [5, 5.41) is 10.3. The van der Waals surface area contributed by atoms with Crippen LogP contribution in [0.3, 0.4) is 0 Å². The zero-order chi connectivity index (χ0) is 11.7. The smallest absolute Gasteiger partial charge is 0.307 e. The number of halogens is 2. The summed E-state index contributed by atoms with van der Waals surface area (Å²) in [5.41, 5.74) is -0.910. The predicted octanol–water partition coefficient (Wildman–Crippen LogP) is 1.65. The summed E-state index contributed by atoms with van der Waals surface area (Å²) < 4.78 is 36.1. The van der Waals surface area contributed by atoms with Crippen LogP contribution in [0, 0.1) is 21.7 Å². The maximum Gasteiger partial charge on any atom is 0.307 e. The molecule has 1 fully saturated rings. The molecule has 1 aromatic rings. The van der Waals surface area contributed by atoms with Gasteiger partial charge < -0.3 is 9.47 Å². The molecule has 0 aliphatic carbocycles. The Kier molecular flexibility index (Phi) is 2.69. The molecule has 2 rings (SSSR count). The van der Waals surface area contributed by atoms with Crippen molar-refractivity contribution in [2.45, 2.75) is 6.10 Å². The Morgan fingerprint density at radius 1 is 1.50 bits per heavy atom. The van der Waals surface area contributed by atoms with E-state index in [-0.39, 0.29) is 18.5 Å². The number of benzene rings is 1. The molecule has 0 radical (unpaired) electrons. The van der Waals surface area contributed by atoms with Gasteiger partial charge in [-0.15, -0.1) is 0 Å². The number of nitro groups is 1. The van der Waals surface area contributed by atoms with Crippen molar-refractivity contribution in [2.75, 3.05) is 13.2 Å². The van der Waals surface area contributed by atoms with Crippen molar-refractivity contribution in [3.05, 3.63) is 33.9 Å². The van der Waals surface area contributed by atoms with Gasteiger partial charge in [-0.25, -0.2) is 4.39 Å². The molecule has 0 amide bonds. The van der Waals surface area contributed by atoms with Gasteiger partial charge in [0.2, 0.25) is 5.82 Å². The summed E-state index contributed by atoms with van der Waals surface area (Å²) in [6, 6.07) is 1.16. The molecule has 1 aliphatic rings. The van der Waals surface area contributed by atoms with Crippen LogP contribution in [0.5, 0.6) is 5.75 Å². The first-order chi connectivity index (χ1) is 7.58. The highest BCUT2D eigenvalue weighted by Gasteiger charge is 2.25. The number of ether oxygens (including phenoxy) is 2. The lowest BCUT2D eigenvalue weighted by molar-refractivity contribution is -0.387. The summed E-state index contributed by atoms with van der Waals surface area (Å²) in [5.74, 6) is -2.44. The monoisotopic (exact) mass is 231 g/mol. The molecular formula is C9H7F2NO4. The molecule has 16 heavy (non-hydrogen) atoms. The van der Waals surface area contributed by atoms with Crippen molar-refractivity contribution < 1.29 is 23.2 Å². The van der Waals surface area contributed by atoms with Gasteiger partial charge in [0.25, 0.3) is 0 Å². The molecule has 1 unspecified atom stereocenters. The summed E-state index contributed by atoms with van der Waals surface area (Å²) in [7, 11) is 0. The maximum atomic E-state index is 13.2. The number of hydrogen-bond acceptors (Lipinski definition) is 4. The molecular weight excluding hydrogens is 224 g/mol. The van der Waals surface area contributed by atoms with Gasteiger partial charge in [0, 0.05) is 6.07 Å². The SMILES string of the molecule is O=[N+]([O-])c1cc(F)c(OCC2CO2)cc1F. The first kappa shape index (κ1) is 10.7. The predicted molar refractivity (Wildman–Crippen MR) is 48.2 cm³/mol. The van der Waals surface area contributed by atoms with Crippen LogP contribution in [-0.4, -0.2) is 24.2 Å². The van der Waals surface area contributed by atoms with E-state index in [4.69, 9.17) is 9.47 Å². The lowest BCUT2D eigenvalue weighted by Crippen LogP contribution is -2.06. The van der Waals surface area contributed by atoms with Gasteiger partial charge in [-0.3, -0.25) is 10.1 Å². The molecule has 0 saturated carbocycles. The minimum absolute atomic E-state index is 0.0994. The Labute approximate surface area is 88.7 Å². The van der Waals surface area contributed by atoms with E-state index < -0.39 is 22.2 Å². The minimum atomic E-state index is -1.13. The zero-order valence-electron chi connectivity index (χ0n) is 7.98. The average Bonchev–Trinajstić information content (AvgIpc) is 3.02. The van der Waals surface area contributed by atoms with E-state index >= 15 is 0 Å². The van der Waals surface area contributed by atoms with Gasteiger partial charge in [-0.05, 0) is 0 Å². The average molecular weight is 231 g/mol. The third-order valence-electron chi connectivity index (χ3n) is 2.03. The Morgan fingerprint density at radius 3 is 2.75 bits per heavy atom. The van der Waals surface area contributed by atoms with E-state index in [0.717, 1.165) is 0 Å². The fourth-order valence-corrected chi connectivity index (χ4v) is 1.12. The fraction of sp³-hybridized carbons (Fsp3) is 0.333. The summed E-state index contributed by atoms with van der Waals surface area (Å²) in [6.07, 6.45) is -0.0994. The van der Waals surface area contributed by atoms with E-state index in [1.54, 1.807) is 0 Å². The molecule has 1 aliphatic heterocycles. The lowest BCUT2D eigenvalue weighted by Gasteiger charge is -2.05. The molecule has 0 aromatic heterocycles. The number of nitrogens with zero attached hydrogens (tertiary/aromatic N) is 1. The van der Waals surface area contributed by atoms with Crippen LogP contribution in [0.25, 0.3) is 0 Å². The molecule has 0 spiro atoms. The number of rotatable bonds is 4. The van der Waals surface area contributed by atoms with E-state index in [0.29, 0.717) is 18.7 Å². The molecule has 7 heteroatoms. The largest absolute Gasteiger partial charge is 0.488 e. The molecule has 0 N–H and O–H groups in total. The summed E-state index contributed by atoms with van der Waals surface area (Å²) in [4.78, 5) is 9.31. The molecule has 1 aromatic carbocycles. The van der Waals surface area contributed by atoms with Crippen LogP contribution in [0.4, 0.5) is 14.5 Å². The topological polar surface area (TPSA) is 64.9 Å². The minimum Gasteiger partial charge on any atom is -0.488 e. The highest BCUT2D eigenvalue weighted by atomic mass is 19.1. The lowest BCUT2D eigenvalue weighted by atomic mass is 10.3.